The second kappa shape index (κ2) is 7.54. The molecule has 2 unspecified atom stereocenters. The summed E-state index contributed by atoms with van der Waals surface area (Å²) in [5, 5.41) is 12.1. The topological polar surface area (TPSA) is 86.1 Å². The maximum atomic E-state index is 12.7. The minimum Gasteiger partial charge on any atom is -0.467 e. The smallest absolute Gasteiger partial charge is 0.328 e. The second-order valence-corrected chi connectivity index (χ2v) is 8.82. The van der Waals surface area contributed by atoms with E-state index in [1.807, 2.05) is 4.68 Å². The molecule has 8 heteroatoms. The van der Waals surface area contributed by atoms with E-state index in [1.165, 1.54) is 25.5 Å². The summed E-state index contributed by atoms with van der Waals surface area (Å²) in [6.45, 7) is 0. The lowest BCUT2D eigenvalue weighted by atomic mass is 9.67. The third-order valence-electron chi connectivity index (χ3n) is 6.46. The number of allylic oxidation sites excluding steroid dienone is 1. The van der Waals surface area contributed by atoms with Crippen molar-refractivity contribution in [3.8, 4) is 0 Å². The van der Waals surface area contributed by atoms with Gasteiger partial charge in [0, 0.05) is 28.6 Å². The van der Waals surface area contributed by atoms with Gasteiger partial charge in [-0.2, -0.15) is 0 Å². The van der Waals surface area contributed by atoms with Gasteiger partial charge in [-0.3, -0.25) is 4.79 Å². The van der Waals surface area contributed by atoms with Crippen LogP contribution in [0.5, 0.6) is 0 Å². The number of esters is 1. The van der Waals surface area contributed by atoms with Crippen molar-refractivity contribution >= 4 is 23.5 Å². The van der Waals surface area contributed by atoms with Crippen LogP contribution in [0.1, 0.15) is 53.7 Å². The fourth-order valence-electron chi connectivity index (χ4n) is 4.60. The first-order valence-corrected chi connectivity index (χ1v) is 10.7. The molecule has 0 aliphatic heterocycles. The number of rotatable bonds is 6. The lowest BCUT2D eigenvalue weighted by Crippen LogP contribution is -2.51. The summed E-state index contributed by atoms with van der Waals surface area (Å²) in [7, 11) is 1.35. The van der Waals surface area contributed by atoms with Crippen LogP contribution < -0.4 is 5.32 Å². The van der Waals surface area contributed by atoms with Gasteiger partial charge in [0.2, 0.25) is 0 Å². The highest BCUT2D eigenvalue weighted by Crippen LogP contribution is 2.52. The average Bonchev–Trinajstić information content (AvgIpc) is 3.38. The third kappa shape index (κ3) is 3.51. The molecular weight excluding hydrogens is 404 g/mol. The number of nitrogens with zero attached hydrogens (tertiary/aromatic N) is 3. The van der Waals surface area contributed by atoms with Gasteiger partial charge in [0.1, 0.15) is 6.04 Å². The zero-order valence-corrected chi connectivity index (χ0v) is 17.4. The van der Waals surface area contributed by atoms with Gasteiger partial charge in [-0.15, -0.1) is 5.10 Å². The van der Waals surface area contributed by atoms with E-state index >= 15 is 0 Å². The zero-order valence-electron chi connectivity index (χ0n) is 16.6. The van der Waals surface area contributed by atoms with Gasteiger partial charge >= 0.3 is 5.97 Å². The Balaban J connectivity index is 1.32. The molecule has 1 aromatic carbocycles. The Bertz CT molecular complexity index is 1010. The maximum absolute atomic E-state index is 12.7. The van der Waals surface area contributed by atoms with Gasteiger partial charge in [-0.05, 0) is 55.9 Å². The first-order chi connectivity index (χ1) is 14.5. The van der Waals surface area contributed by atoms with Crippen molar-refractivity contribution in [3.05, 3.63) is 58.4 Å². The summed E-state index contributed by atoms with van der Waals surface area (Å²) in [6, 6.07) is 6.03. The molecule has 0 spiro atoms. The highest BCUT2D eigenvalue weighted by atomic mass is 35.5. The lowest BCUT2D eigenvalue weighted by molar-refractivity contribution is -0.144. The van der Waals surface area contributed by atoms with Crippen LogP contribution in [-0.2, 0) is 9.53 Å². The predicted octanol–water partition coefficient (Wildman–Crippen LogP) is 3.29. The highest BCUT2D eigenvalue weighted by Gasteiger charge is 2.48. The summed E-state index contributed by atoms with van der Waals surface area (Å²) in [5.74, 6) is 0.181. The van der Waals surface area contributed by atoms with Crippen LogP contribution in [0.2, 0.25) is 5.02 Å². The van der Waals surface area contributed by atoms with Gasteiger partial charge < -0.3 is 10.1 Å². The number of hydrogen-bond acceptors (Lipinski definition) is 5. The van der Waals surface area contributed by atoms with Gasteiger partial charge in [-0.1, -0.05) is 28.5 Å². The van der Waals surface area contributed by atoms with Gasteiger partial charge in [-0.25, -0.2) is 9.48 Å². The van der Waals surface area contributed by atoms with E-state index in [4.69, 9.17) is 16.3 Å². The van der Waals surface area contributed by atoms with E-state index in [9.17, 15) is 9.59 Å². The van der Waals surface area contributed by atoms with Crippen molar-refractivity contribution in [3.63, 3.8) is 0 Å². The van der Waals surface area contributed by atoms with Crippen LogP contribution in [-0.4, -0.2) is 40.0 Å². The van der Waals surface area contributed by atoms with Crippen LogP contribution in [0, 0.1) is 11.8 Å². The molecule has 1 N–H and O–H groups in total. The number of hydrogen-bond donors (Lipinski definition) is 1. The summed E-state index contributed by atoms with van der Waals surface area (Å²) in [4.78, 5) is 25.2. The Labute approximate surface area is 179 Å². The molecule has 0 radical (unpaired) electrons. The average molecular weight is 427 g/mol. The molecule has 1 aromatic heterocycles. The molecule has 4 atom stereocenters. The molecule has 1 amide bonds. The number of halogens is 1. The molecule has 30 heavy (non-hydrogen) atoms. The Morgan fingerprint density at radius 3 is 2.67 bits per heavy atom. The number of fused-ring (bicyclic) bond motifs is 1. The fourth-order valence-corrected chi connectivity index (χ4v) is 4.73. The van der Waals surface area contributed by atoms with Crippen molar-refractivity contribution in [2.75, 3.05) is 7.11 Å². The van der Waals surface area contributed by atoms with E-state index in [2.05, 4.69) is 27.9 Å². The van der Waals surface area contributed by atoms with Crippen LogP contribution in [0.15, 0.2) is 42.1 Å². The van der Waals surface area contributed by atoms with E-state index < -0.39 is 12.0 Å². The SMILES string of the molecule is COC(=O)C(NC(=O)c1ccc(Cl)cc1)C1C[C@@H]2C[C@@H](n3cc(C4CC4)nn3)C=C12. The second-order valence-electron chi connectivity index (χ2n) is 8.39. The molecule has 1 heterocycles. The molecule has 2 fully saturated rings. The number of aromatic nitrogens is 3. The number of amides is 1. The Kier molecular flexibility index (Phi) is 4.85. The molecule has 0 saturated heterocycles. The van der Waals surface area contributed by atoms with Crippen molar-refractivity contribution in [2.24, 2.45) is 11.8 Å². The van der Waals surface area contributed by atoms with E-state index in [-0.39, 0.29) is 17.9 Å². The fraction of sp³-hybridized carbons (Fsp3) is 0.455. The van der Waals surface area contributed by atoms with Crippen LogP contribution in [0.3, 0.4) is 0 Å². The van der Waals surface area contributed by atoms with Crippen LogP contribution >= 0.6 is 11.6 Å². The number of ether oxygens (including phenoxy) is 1. The predicted molar refractivity (Wildman–Crippen MR) is 110 cm³/mol. The van der Waals surface area contributed by atoms with Gasteiger partial charge in [0.15, 0.2) is 0 Å². The summed E-state index contributed by atoms with van der Waals surface area (Å²) in [5.41, 5.74) is 2.74. The number of benzene rings is 1. The molecule has 156 valence electrons. The standard InChI is InChI=1S/C22H23ClN4O3/c1-30-22(29)20(24-21(28)13-4-6-15(23)7-5-13)18-9-14-8-16(10-17(14)18)27-11-19(25-26-27)12-2-3-12/h4-7,10-12,14,16,18,20H,2-3,8-9H2,1H3,(H,24,28)/t14-,16+,18?,20?/m0/s1. The van der Waals surface area contributed by atoms with E-state index in [0.717, 1.165) is 18.5 Å². The first-order valence-electron chi connectivity index (χ1n) is 10.3. The minimum atomic E-state index is -0.711. The van der Waals surface area contributed by atoms with Crippen molar-refractivity contribution in [1.29, 1.82) is 0 Å². The summed E-state index contributed by atoms with van der Waals surface area (Å²) < 4.78 is 6.93. The largest absolute Gasteiger partial charge is 0.467 e. The number of nitrogens with one attached hydrogen (secondary N) is 1. The molecular formula is C22H23ClN4O3. The van der Waals surface area contributed by atoms with Gasteiger partial charge in [0.25, 0.3) is 5.91 Å². The summed E-state index contributed by atoms with van der Waals surface area (Å²) >= 11 is 5.90. The Hall–Kier alpha value is -2.67. The molecule has 7 nitrogen and oxygen atoms in total. The van der Waals surface area contributed by atoms with Gasteiger partial charge in [0.05, 0.1) is 18.8 Å². The number of carbonyl (C=O) groups excluding carboxylic acids is 2. The molecule has 2 aromatic rings. The molecule has 3 aliphatic rings. The quantitative estimate of drug-likeness (QED) is 0.565. The third-order valence-corrected chi connectivity index (χ3v) is 6.71. The molecule has 0 bridgehead atoms. The normalized spacial score (nSPS) is 25.7. The van der Waals surface area contributed by atoms with Crippen molar-refractivity contribution in [1.82, 2.24) is 20.3 Å². The van der Waals surface area contributed by atoms with Crippen LogP contribution in [0.25, 0.3) is 0 Å². The van der Waals surface area contributed by atoms with Crippen LogP contribution in [0.4, 0.5) is 0 Å². The zero-order chi connectivity index (χ0) is 20.8. The molecule has 3 aliphatic carbocycles. The first kappa shape index (κ1) is 19.3. The highest BCUT2D eigenvalue weighted by molar-refractivity contribution is 6.30. The monoisotopic (exact) mass is 426 g/mol. The number of carbonyl (C=O) groups is 2. The molecule has 2 saturated carbocycles. The van der Waals surface area contributed by atoms with E-state index in [1.54, 1.807) is 24.3 Å². The maximum Gasteiger partial charge on any atom is 0.328 e. The number of methoxy groups -OCH3 is 1. The lowest BCUT2D eigenvalue weighted by Gasteiger charge is -2.40. The Morgan fingerprint density at radius 1 is 1.20 bits per heavy atom. The summed E-state index contributed by atoms with van der Waals surface area (Å²) in [6.07, 6.45) is 8.44. The molecule has 5 rings (SSSR count). The van der Waals surface area contributed by atoms with E-state index in [0.29, 0.717) is 22.4 Å². The van der Waals surface area contributed by atoms with Crippen molar-refractivity contribution in [2.45, 2.75) is 43.7 Å². The van der Waals surface area contributed by atoms with Crippen molar-refractivity contribution < 1.29 is 14.3 Å². The Morgan fingerprint density at radius 2 is 1.97 bits per heavy atom. The minimum absolute atomic E-state index is 0.0601.